The van der Waals surface area contributed by atoms with Gasteiger partial charge in [-0.2, -0.15) is 0 Å². The van der Waals surface area contributed by atoms with E-state index in [0.29, 0.717) is 5.92 Å². The summed E-state index contributed by atoms with van der Waals surface area (Å²) in [5.74, 6) is 2.46. The fourth-order valence-electron chi connectivity index (χ4n) is 1.86. The molecule has 1 aromatic carbocycles. The first kappa shape index (κ1) is 14.2. The molecular weight excluding hydrogens is 258 g/mol. The monoisotopic (exact) mass is 277 g/mol. The normalized spacial score (nSPS) is 11.2. The first-order valence-electron chi connectivity index (χ1n) is 6.62. The summed E-state index contributed by atoms with van der Waals surface area (Å²) in [6.07, 6.45) is 0. The Labute approximate surface area is 119 Å². The van der Waals surface area contributed by atoms with E-state index in [1.54, 1.807) is 0 Å². The summed E-state index contributed by atoms with van der Waals surface area (Å²) in [4.78, 5) is 0. The molecule has 0 saturated carbocycles. The fourth-order valence-corrected chi connectivity index (χ4v) is 2.04. The van der Waals surface area contributed by atoms with Crippen LogP contribution in [-0.2, 0) is 6.54 Å². The topological polar surface area (TPSA) is 25.2 Å². The molecule has 2 rings (SSSR count). The van der Waals surface area contributed by atoms with Gasteiger partial charge in [-0.1, -0.05) is 37.6 Å². The van der Waals surface area contributed by atoms with Gasteiger partial charge < -0.3 is 9.73 Å². The van der Waals surface area contributed by atoms with Crippen molar-refractivity contribution in [3.05, 3.63) is 46.7 Å². The third kappa shape index (κ3) is 3.85. The summed E-state index contributed by atoms with van der Waals surface area (Å²) >= 11 is 6.13. The second-order valence-electron chi connectivity index (χ2n) is 5.25. The van der Waals surface area contributed by atoms with Gasteiger partial charge in [0.1, 0.15) is 11.5 Å². The molecule has 1 N–H and O–H groups in total. The van der Waals surface area contributed by atoms with Crippen LogP contribution < -0.4 is 5.32 Å². The van der Waals surface area contributed by atoms with E-state index < -0.39 is 0 Å². The van der Waals surface area contributed by atoms with E-state index in [2.05, 4.69) is 19.2 Å². The Balaban J connectivity index is 2.05. The van der Waals surface area contributed by atoms with Crippen LogP contribution in [0.15, 0.2) is 34.7 Å². The fraction of sp³-hybridized carbons (Fsp3) is 0.375. The van der Waals surface area contributed by atoms with Crippen LogP contribution in [0.1, 0.15) is 25.2 Å². The number of benzene rings is 1. The van der Waals surface area contributed by atoms with Gasteiger partial charge in [-0.05, 0) is 43.1 Å². The van der Waals surface area contributed by atoms with Crippen molar-refractivity contribution in [1.82, 2.24) is 5.32 Å². The van der Waals surface area contributed by atoms with Crippen LogP contribution in [0.25, 0.3) is 11.3 Å². The number of halogens is 1. The Morgan fingerprint density at radius 1 is 1.21 bits per heavy atom. The maximum absolute atomic E-state index is 6.13. The molecule has 2 nitrogen and oxygen atoms in total. The standard InChI is InChI=1S/C16H20ClNO/c1-11(2)9-18-10-14-6-7-16(19-14)13-5-4-12(3)15(17)8-13/h4-8,11,18H,9-10H2,1-3H3. The molecule has 0 spiro atoms. The van der Waals surface area contributed by atoms with Crippen LogP contribution >= 0.6 is 11.6 Å². The zero-order valence-corrected chi connectivity index (χ0v) is 12.4. The van der Waals surface area contributed by atoms with Gasteiger partial charge in [0.2, 0.25) is 0 Å². The van der Waals surface area contributed by atoms with Gasteiger partial charge in [0.15, 0.2) is 0 Å². The van der Waals surface area contributed by atoms with Gasteiger partial charge in [0, 0.05) is 10.6 Å². The highest BCUT2D eigenvalue weighted by Crippen LogP contribution is 2.26. The van der Waals surface area contributed by atoms with Crippen LogP contribution in [0.2, 0.25) is 5.02 Å². The molecule has 0 aliphatic heterocycles. The van der Waals surface area contributed by atoms with Crippen molar-refractivity contribution in [2.75, 3.05) is 6.54 Å². The first-order chi connectivity index (χ1) is 9.06. The third-order valence-electron chi connectivity index (χ3n) is 2.97. The molecule has 0 fully saturated rings. The molecule has 0 atom stereocenters. The van der Waals surface area contributed by atoms with Crippen molar-refractivity contribution in [1.29, 1.82) is 0 Å². The summed E-state index contributed by atoms with van der Waals surface area (Å²) < 4.78 is 5.83. The summed E-state index contributed by atoms with van der Waals surface area (Å²) in [5.41, 5.74) is 2.10. The van der Waals surface area contributed by atoms with E-state index in [1.807, 2.05) is 37.3 Å². The van der Waals surface area contributed by atoms with Crippen molar-refractivity contribution < 1.29 is 4.42 Å². The second kappa shape index (κ2) is 6.27. The van der Waals surface area contributed by atoms with E-state index in [-0.39, 0.29) is 0 Å². The SMILES string of the molecule is Cc1ccc(-c2ccc(CNCC(C)C)o2)cc1Cl. The lowest BCUT2D eigenvalue weighted by molar-refractivity contribution is 0.472. The first-order valence-corrected chi connectivity index (χ1v) is 7.00. The van der Waals surface area contributed by atoms with Crippen LogP contribution in [0, 0.1) is 12.8 Å². The van der Waals surface area contributed by atoms with E-state index in [1.165, 1.54) is 0 Å². The quantitative estimate of drug-likeness (QED) is 0.860. The minimum Gasteiger partial charge on any atom is -0.460 e. The van der Waals surface area contributed by atoms with Crippen molar-refractivity contribution >= 4 is 11.6 Å². The average molecular weight is 278 g/mol. The Bertz CT molecular complexity index is 545. The third-order valence-corrected chi connectivity index (χ3v) is 3.38. The predicted octanol–water partition coefficient (Wildman–Crippen LogP) is 4.65. The molecule has 1 heterocycles. The van der Waals surface area contributed by atoms with Crippen molar-refractivity contribution in [2.45, 2.75) is 27.3 Å². The minimum absolute atomic E-state index is 0.644. The molecule has 2 aromatic rings. The summed E-state index contributed by atoms with van der Waals surface area (Å²) in [7, 11) is 0. The number of furan rings is 1. The largest absolute Gasteiger partial charge is 0.460 e. The molecular formula is C16H20ClNO. The van der Waals surface area contributed by atoms with E-state index in [0.717, 1.165) is 40.8 Å². The lowest BCUT2D eigenvalue weighted by Gasteiger charge is -2.05. The van der Waals surface area contributed by atoms with Crippen LogP contribution in [-0.4, -0.2) is 6.54 Å². The summed E-state index contributed by atoms with van der Waals surface area (Å²) in [6.45, 7) is 8.13. The van der Waals surface area contributed by atoms with Crippen molar-refractivity contribution in [3.8, 4) is 11.3 Å². The molecule has 0 unspecified atom stereocenters. The van der Waals surface area contributed by atoms with Gasteiger partial charge in [0.25, 0.3) is 0 Å². The number of hydrogen-bond donors (Lipinski definition) is 1. The zero-order valence-electron chi connectivity index (χ0n) is 11.7. The number of hydrogen-bond acceptors (Lipinski definition) is 2. The predicted molar refractivity (Wildman–Crippen MR) is 80.4 cm³/mol. The molecule has 0 aliphatic carbocycles. The van der Waals surface area contributed by atoms with E-state index in [9.17, 15) is 0 Å². The highest BCUT2D eigenvalue weighted by molar-refractivity contribution is 6.31. The molecule has 0 aliphatic rings. The molecule has 3 heteroatoms. The second-order valence-corrected chi connectivity index (χ2v) is 5.66. The molecule has 0 radical (unpaired) electrons. The van der Waals surface area contributed by atoms with Gasteiger partial charge >= 0.3 is 0 Å². The Kier molecular flexibility index (Phi) is 4.67. The molecule has 0 amide bonds. The molecule has 19 heavy (non-hydrogen) atoms. The lowest BCUT2D eigenvalue weighted by atomic mass is 10.1. The van der Waals surface area contributed by atoms with Gasteiger partial charge in [0.05, 0.1) is 6.54 Å². The zero-order chi connectivity index (χ0) is 13.8. The Morgan fingerprint density at radius 2 is 2.00 bits per heavy atom. The summed E-state index contributed by atoms with van der Waals surface area (Å²) in [6, 6.07) is 9.99. The van der Waals surface area contributed by atoms with E-state index >= 15 is 0 Å². The molecule has 0 bridgehead atoms. The number of rotatable bonds is 5. The molecule has 102 valence electrons. The lowest BCUT2D eigenvalue weighted by Crippen LogP contribution is -2.18. The number of nitrogens with one attached hydrogen (secondary N) is 1. The van der Waals surface area contributed by atoms with Gasteiger partial charge in [-0.15, -0.1) is 0 Å². The smallest absolute Gasteiger partial charge is 0.134 e. The highest BCUT2D eigenvalue weighted by Gasteiger charge is 2.06. The van der Waals surface area contributed by atoms with E-state index in [4.69, 9.17) is 16.0 Å². The average Bonchev–Trinajstić information content (AvgIpc) is 2.81. The number of aryl methyl sites for hydroxylation is 1. The minimum atomic E-state index is 0.644. The van der Waals surface area contributed by atoms with Crippen LogP contribution in [0.3, 0.4) is 0 Å². The Morgan fingerprint density at radius 3 is 2.68 bits per heavy atom. The molecule has 1 aromatic heterocycles. The van der Waals surface area contributed by atoms with Gasteiger partial charge in [-0.25, -0.2) is 0 Å². The van der Waals surface area contributed by atoms with Crippen LogP contribution in [0.4, 0.5) is 0 Å². The maximum atomic E-state index is 6.13. The van der Waals surface area contributed by atoms with Crippen molar-refractivity contribution in [2.24, 2.45) is 5.92 Å². The highest BCUT2D eigenvalue weighted by atomic mass is 35.5. The van der Waals surface area contributed by atoms with Crippen molar-refractivity contribution in [3.63, 3.8) is 0 Å². The van der Waals surface area contributed by atoms with Gasteiger partial charge in [-0.3, -0.25) is 0 Å². The maximum Gasteiger partial charge on any atom is 0.134 e. The summed E-state index contributed by atoms with van der Waals surface area (Å²) in [5, 5.41) is 4.14. The Hall–Kier alpha value is -1.25. The van der Waals surface area contributed by atoms with Crippen LogP contribution in [0.5, 0.6) is 0 Å². The molecule has 0 saturated heterocycles.